The van der Waals surface area contributed by atoms with E-state index in [-0.39, 0.29) is 11.4 Å². The quantitative estimate of drug-likeness (QED) is 0.635. The van der Waals surface area contributed by atoms with Crippen molar-refractivity contribution < 1.29 is 24.0 Å². The number of anilines is 1. The summed E-state index contributed by atoms with van der Waals surface area (Å²) in [4.78, 5) is 32.4. The van der Waals surface area contributed by atoms with Gasteiger partial charge in [0.05, 0.1) is 16.5 Å². The molecule has 2 atom stereocenters. The molecule has 20 heavy (non-hydrogen) atoms. The minimum absolute atomic E-state index is 0.353. The lowest BCUT2D eigenvalue weighted by Gasteiger charge is -2.15. The molecule has 0 heterocycles. The second-order valence-corrected chi connectivity index (χ2v) is 4.33. The van der Waals surface area contributed by atoms with E-state index in [0.717, 1.165) is 18.2 Å². The molecule has 2 N–H and O–H groups in total. The molecule has 0 aliphatic carbocycles. The van der Waals surface area contributed by atoms with Crippen molar-refractivity contribution in [3.8, 4) is 0 Å². The molecular weight excluding hydrogens is 271 g/mol. The zero-order chi connectivity index (χ0) is 15.4. The van der Waals surface area contributed by atoms with Crippen LogP contribution in [0.3, 0.4) is 0 Å². The summed E-state index contributed by atoms with van der Waals surface area (Å²) in [6, 6.07) is 2.71. The Balaban J connectivity index is 2.93. The molecular formula is C12H13FN2O5. The third-order valence-electron chi connectivity index (χ3n) is 2.97. The number of carboxylic acids is 1. The summed E-state index contributed by atoms with van der Waals surface area (Å²) in [5.74, 6) is -4.59. The van der Waals surface area contributed by atoms with Gasteiger partial charge in [0, 0.05) is 18.1 Å². The highest BCUT2D eigenvalue weighted by molar-refractivity contribution is 5.95. The molecule has 1 aromatic rings. The summed E-state index contributed by atoms with van der Waals surface area (Å²) in [6.45, 7) is 2.72. The fraction of sp³-hybridized carbons (Fsp3) is 0.333. The average molecular weight is 284 g/mol. The van der Waals surface area contributed by atoms with E-state index in [1.165, 1.54) is 13.8 Å². The maximum absolute atomic E-state index is 13.5. The zero-order valence-electron chi connectivity index (χ0n) is 10.8. The van der Waals surface area contributed by atoms with Crippen LogP contribution in [0.5, 0.6) is 0 Å². The number of nitrogens with one attached hydrogen (secondary N) is 1. The largest absolute Gasteiger partial charge is 0.481 e. The Kier molecular flexibility index (Phi) is 4.73. The van der Waals surface area contributed by atoms with Crippen molar-refractivity contribution in [3.05, 3.63) is 34.1 Å². The summed E-state index contributed by atoms with van der Waals surface area (Å²) in [7, 11) is 0. The van der Waals surface area contributed by atoms with Crippen LogP contribution in [0.4, 0.5) is 15.8 Å². The van der Waals surface area contributed by atoms with E-state index in [1.54, 1.807) is 0 Å². The summed E-state index contributed by atoms with van der Waals surface area (Å²) in [5, 5.41) is 21.5. The second kappa shape index (κ2) is 6.09. The monoisotopic (exact) mass is 284 g/mol. The van der Waals surface area contributed by atoms with Gasteiger partial charge in [-0.05, 0) is 6.07 Å². The van der Waals surface area contributed by atoms with Crippen LogP contribution >= 0.6 is 0 Å². The van der Waals surface area contributed by atoms with E-state index in [0.29, 0.717) is 0 Å². The first kappa shape index (κ1) is 15.5. The Morgan fingerprint density at radius 1 is 1.35 bits per heavy atom. The van der Waals surface area contributed by atoms with Gasteiger partial charge in [0.15, 0.2) is 0 Å². The number of carboxylic acid groups (broad SMARTS) is 1. The van der Waals surface area contributed by atoms with Crippen LogP contribution in [0.15, 0.2) is 18.2 Å². The highest BCUT2D eigenvalue weighted by Crippen LogP contribution is 2.22. The molecule has 1 amide bonds. The van der Waals surface area contributed by atoms with Crippen LogP contribution in [0.25, 0.3) is 0 Å². The molecule has 0 aromatic heterocycles. The van der Waals surface area contributed by atoms with Crippen LogP contribution in [0.2, 0.25) is 0 Å². The summed E-state index contributed by atoms with van der Waals surface area (Å²) in [5.41, 5.74) is -0.728. The van der Waals surface area contributed by atoms with Gasteiger partial charge < -0.3 is 10.4 Å². The lowest BCUT2D eigenvalue weighted by molar-refractivity contribution is -0.384. The minimum atomic E-state index is -1.16. The first-order valence-corrected chi connectivity index (χ1v) is 5.71. The van der Waals surface area contributed by atoms with Crippen molar-refractivity contribution in [1.82, 2.24) is 0 Å². The van der Waals surface area contributed by atoms with Gasteiger partial charge in [0.1, 0.15) is 5.82 Å². The van der Waals surface area contributed by atoms with Crippen molar-refractivity contribution in [2.24, 2.45) is 11.8 Å². The van der Waals surface area contributed by atoms with Crippen LogP contribution < -0.4 is 5.32 Å². The van der Waals surface area contributed by atoms with Crippen molar-refractivity contribution in [3.63, 3.8) is 0 Å². The lowest BCUT2D eigenvalue weighted by atomic mass is 9.95. The normalized spacial score (nSPS) is 13.3. The molecule has 2 unspecified atom stereocenters. The molecule has 0 aliphatic heterocycles. The maximum atomic E-state index is 13.5. The molecule has 8 heteroatoms. The number of nitro groups is 1. The number of carbonyl (C=O) groups excluding carboxylic acids is 1. The van der Waals surface area contributed by atoms with E-state index in [1.807, 2.05) is 0 Å². The fourth-order valence-electron chi connectivity index (χ4n) is 1.41. The Hall–Kier alpha value is -2.51. The number of amides is 1. The van der Waals surface area contributed by atoms with Gasteiger partial charge in [-0.25, -0.2) is 4.39 Å². The third kappa shape index (κ3) is 3.50. The number of aliphatic carboxylic acids is 1. The standard InChI is InChI=1S/C12H13FN2O5/c1-6(7(2)12(17)18)11(16)14-10-5-8(15(19)20)3-4-9(10)13/h3-7H,1-2H3,(H,14,16)(H,17,18). The van der Waals surface area contributed by atoms with E-state index in [9.17, 15) is 24.1 Å². The van der Waals surface area contributed by atoms with Gasteiger partial charge in [-0.1, -0.05) is 13.8 Å². The molecule has 0 fully saturated rings. The lowest BCUT2D eigenvalue weighted by Crippen LogP contribution is -2.30. The van der Waals surface area contributed by atoms with Crippen molar-refractivity contribution in [1.29, 1.82) is 0 Å². The van der Waals surface area contributed by atoms with E-state index >= 15 is 0 Å². The number of halogens is 1. The Morgan fingerprint density at radius 2 is 1.95 bits per heavy atom. The minimum Gasteiger partial charge on any atom is -0.481 e. The van der Waals surface area contributed by atoms with Crippen molar-refractivity contribution in [2.45, 2.75) is 13.8 Å². The number of hydrogen-bond donors (Lipinski definition) is 2. The van der Waals surface area contributed by atoms with Gasteiger partial charge in [0.25, 0.3) is 5.69 Å². The van der Waals surface area contributed by atoms with E-state index in [4.69, 9.17) is 5.11 Å². The topological polar surface area (TPSA) is 110 Å². The Morgan fingerprint density at radius 3 is 2.45 bits per heavy atom. The van der Waals surface area contributed by atoms with Crippen LogP contribution in [0.1, 0.15) is 13.8 Å². The summed E-state index contributed by atoms with van der Waals surface area (Å²) in [6.07, 6.45) is 0. The first-order chi connectivity index (χ1) is 9.23. The highest BCUT2D eigenvalue weighted by atomic mass is 19.1. The third-order valence-corrected chi connectivity index (χ3v) is 2.97. The SMILES string of the molecule is CC(C(=O)O)C(C)C(=O)Nc1cc([N+](=O)[O-])ccc1F. The van der Waals surface area contributed by atoms with Crippen molar-refractivity contribution in [2.75, 3.05) is 5.32 Å². The predicted octanol–water partition coefficient (Wildman–Crippen LogP) is 2.03. The summed E-state index contributed by atoms with van der Waals surface area (Å²) < 4.78 is 13.5. The van der Waals surface area contributed by atoms with Crippen LogP contribution in [0, 0.1) is 27.8 Å². The fourth-order valence-corrected chi connectivity index (χ4v) is 1.41. The van der Waals surface area contributed by atoms with Gasteiger partial charge in [-0.15, -0.1) is 0 Å². The zero-order valence-corrected chi connectivity index (χ0v) is 10.8. The number of hydrogen-bond acceptors (Lipinski definition) is 4. The molecule has 108 valence electrons. The Bertz CT molecular complexity index is 561. The molecule has 0 saturated heterocycles. The van der Waals surface area contributed by atoms with E-state index < -0.39 is 34.5 Å². The smallest absolute Gasteiger partial charge is 0.307 e. The molecule has 7 nitrogen and oxygen atoms in total. The van der Waals surface area contributed by atoms with Gasteiger partial charge in [-0.2, -0.15) is 0 Å². The molecule has 0 saturated carbocycles. The Labute approximate surface area is 113 Å². The molecule has 0 radical (unpaired) electrons. The molecule has 1 rings (SSSR count). The highest BCUT2D eigenvalue weighted by Gasteiger charge is 2.26. The number of nitro benzene ring substituents is 1. The van der Waals surface area contributed by atoms with Gasteiger partial charge in [0.2, 0.25) is 5.91 Å². The first-order valence-electron chi connectivity index (χ1n) is 5.71. The van der Waals surface area contributed by atoms with E-state index in [2.05, 4.69) is 5.32 Å². The molecule has 1 aromatic carbocycles. The van der Waals surface area contributed by atoms with Gasteiger partial charge in [-0.3, -0.25) is 19.7 Å². The molecule has 0 spiro atoms. The summed E-state index contributed by atoms with van der Waals surface area (Å²) >= 11 is 0. The average Bonchev–Trinajstić information content (AvgIpc) is 2.38. The molecule has 0 aliphatic rings. The van der Waals surface area contributed by atoms with Gasteiger partial charge >= 0.3 is 5.97 Å². The van der Waals surface area contributed by atoms with Crippen LogP contribution in [-0.2, 0) is 9.59 Å². The number of carbonyl (C=O) groups is 2. The number of non-ortho nitro benzene ring substituents is 1. The number of rotatable bonds is 5. The van der Waals surface area contributed by atoms with Crippen molar-refractivity contribution >= 4 is 23.3 Å². The number of nitrogens with zero attached hydrogens (tertiary/aromatic N) is 1. The molecule has 0 bridgehead atoms. The number of benzene rings is 1. The predicted molar refractivity (Wildman–Crippen MR) is 67.6 cm³/mol. The maximum Gasteiger partial charge on any atom is 0.307 e. The second-order valence-electron chi connectivity index (χ2n) is 4.33. The van der Waals surface area contributed by atoms with Crippen LogP contribution in [-0.4, -0.2) is 21.9 Å².